The lowest BCUT2D eigenvalue weighted by molar-refractivity contribution is 0.199. The van der Waals surface area contributed by atoms with Crippen molar-refractivity contribution in [3.63, 3.8) is 0 Å². The number of benzene rings is 2. The zero-order valence-corrected chi connectivity index (χ0v) is 14.3. The van der Waals surface area contributed by atoms with Gasteiger partial charge in [-0.2, -0.15) is 11.8 Å². The topological polar surface area (TPSA) is 41.6 Å². The molecule has 2 aromatic carbocycles. The molecule has 0 bridgehead atoms. The second-order valence-corrected chi connectivity index (χ2v) is 6.79. The van der Waals surface area contributed by atoms with Crippen LogP contribution in [-0.2, 0) is 6.54 Å². The monoisotopic (exact) mass is 364 g/mol. The van der Waals surface area contributed by atoms with Gasteiger partial charge in [-0.3, -0.25) is 0 Å². The number of hydrogen-bond donors (Lipinski definition) is 1. The first-order valence-corrected chi connectivity index (χ1v) is 9.10. The Bertz CT molecular complexity index is 714. The van der Waals surface area contributed by atoms with Crippen LogP contribution in [0.3, 0.4) is 0 Å². The van der Waals surface area contributed by atoms with Gasteiger partial charge in [-0.05, 0) is 5.56 Å². The molecule has 25 heavy (non-hydrogen) atoms. The lowest BCUT2D eigenvalue weighted by atomic mass is 10.2. The van der Waals surface area contributed by atoms with E-state index in [4.69, 9.17) is 4.74 Å². The van der Waals surface area contributed by atoms with Crippen molar-refractivity contribution in [1.82, 2.24) is 5.32 Å². The first-order chi connectivity index (χ1) is 12.1. The van der Waals surface area contributed by atoms with Gasteiger partial charge >= 0.3 is 6.09 Å². The zero-order valence-electron chi connectivity index (χ0n) is 13.5. The summed E-state index contributed by atoms with van der Waals surface area (Å²) < 4.78 is 33.6. The Hall–Kier alpha value is -2.28. The molecule has 1 heterocycles. The summed E-state index contributed by atoms with van der Waals surface area (Å²) in [6.45, 7) is 1.46. The van der Waals surface area contributed by atoms with Gasteiger partial charge in [-0.1, -0.05) is 30.3 Å². The second kappa shape index (κ2) is 8.20. The van der Waals surface area contributed by atoms with Gasteiger partial charge in [0.15, 0.2) is 11.6 Å². The molecule has 4 nitrogen and oxygen atoms in total. The van der Waals surface area contributed by atoms with Gasteiger partial charge in [0.25, 0.3) is 0 Å². The molecule has 0 saturated carbocycles. The molecule has 0 aliphatic carbocycles. The van der Waals surface area contributed by atoms with Gasteiger partial charge in [0.2, 0.25) is 0 Å². The molecule has 1 aliphatic heterocycles. The molecule has 1 N–H and O–H groups in total. The Morgan fingerprint density at radius 2 is 1.76 bits per heavy atom. The molecule has 0 aromatic heterocycles. The van der Waals surface area contributed by atoms with Crippen molar-refractivity contribution in [3.8, 4) is 5.75 Å². The summed E-state index contributed by atoms with van der Waals surface area (Å²) in [5.74, 6) is 0.0594. The normalized spacial score (nSPS) is 14.2. The summed E-state index contributed by atoms with van der Waals surface area (Å²) in [6.07, 6.45) is -0.759. The standard InChI is InChI=1S/C18H18F2N2O2S/c19-15-10-14(11-16(20)17(15)22-6-8-25-9-7-22)24-18(23)21-12-13-4-2-1-3-5-13/h1-5,10-11H,6-9,12H2,(H,21,23). The zero-order chi connectivity index (χ0) is 17.6. The number of carbonyl (C=O) groups is 1. The molecular formula is C18H18F2N2O2S. The number of halogens is 2. The lowest BCUT2D eigenvalue weighted by Gasteiger charge is -2.29. The molecule has 132 valence electrons. The molecule has 1 amide bonds. The minimum atomic E-state index is -0.759. The smallest absolute Gasteiger partial charge is 0.410 e. The molecule has 1 aliphatic rings. The van der Waals surface area contributed by atoms with E-state index in [2.05, 4.69) is 5.32 Å². The van der Waals surface area contributed by atoms with Crippen molar-refractivity contribution in [3.05, 3.63) is 59.7 Å². The maximum absolute atomic E-state index is 14.3. The van der Waals surface area contributed by atoms with E-state index < -0.39 is 17.7 Å². The van der Waals surface area contributed by atoms with E-state index in [9.17, 15) is 13.6 Å². The van der Waals surface area contributed by atoms with E-state index in [1.807, 2.05) is 30.3 Å². The third kappa shape index (κ3) is 4.63. The van der Waals surface area contributed by atoms with Crippen LogP contribution in [0.25, 0.3) is 0 Å². The van der Waals surface area contributed by atoms with Crippen LogP contribution < -0.4 is 15.0 Å². The lowest BCUT2D eigenvalue weighted by Crippen LogP contribution is -2.34. The molecule has 1 fully saturated rings. The second-order valence-electron chi connectivity index (χ2n) is 5.56. The van der Waals surface area contributed by atoms with Crippen molar-refractivity contribution in [1.29, 1.82) is 0 Å². The summed E-state index contributed by atoms with van der Waals surface area (Å²) in [5.41, 5.74) is 0.840. The Morgan fingerprint density at radius 3 is 2.40 bits per heavy atom. The number of carbonyl (C=O) groups excluding carboxylic acids is 1. The fourth-order valence-corrected chi connectivity index (χ4v) is 3.51. The third-order valence-electron chi connectivity index (χ3n) is 3.81. The first-order valence-electron chi connectivity index (χ1n) is 7.95. The Labute approximate surface area is 149 Å². The number of amides is 1. The molecule has 0 spiro atoms. The number of nitrogens with one attached hydrogen (secondary N) is 1. The van der Waals surface area contributed by atoms with E-state index in [0.29, 0.717) is 13.1 Å². The highest BCUT2D eigenvalue weighted by atomic mass is 32.2. The average Bonchev–Trinajstić information content (AvgIpc) is 2.61. The highest BCUT2D eigenvalue weighted by Crippen LogP contribution is 2.30. The fourth-order valence-electron chi connectivity index (χ4n) is 2.60. The average molecular weight is 364 g/mol. The first kappa shape index (κ1) is 17.5. The molecule has 3 rings (SSSR count). The van der Waals surface area contributed by atoms with Gasteiger partial charge in [-0.25, -0.2) is 13.6 Å². The largest absolute Gasteiger partial charge is 0.412 e. The number of anilines is 1. The minimum absolute atomic E-state index is 0.0580. The number of thioether (sulfide) groups is 1. The molecule has 1 saturated heterocycles. The van der Waals surface area contributed by atoms with E-state index in [-0.39, 0.29) is 18.0 Å². The van der Waals surface area contributed by atoms with Crippen LogP contribution in [0.15, 0.2) is 42.5 Å². The third-order valence-corrected chi connectivity index (χ3v) is 4.75. The number of hydrogen-bond acceptors (Lipinski definition) is 4. The highest BCUT2D eigenvalue weighted by Gasteiger charge is 2.21. The number of ether oxygens (including phenoxy) is 1. The van der Waals surface area contributed by atoms with E-state index in [0.717, 1.165) is 29.2 Å². The van der Waals surface area contributed by atoms with Crippen molar-refractivity contribution in [2.75, 3.05) is 29.5 Å². The van der Waals surface area contributed by atoms with Crippen LogP contribution in [0.1, 0.15) is 5.56 Å². The summed E-state index contributed by atoms with van der Waals surface area (Å²) in [6, 6.07) is 11.4. The SMILES string of the molecule is O=C(NCc1ccccc1)Oc1cc(F)c(N2CCSCC2)c(F)c1. The molecule has 0 unspecified atom stereocenters. The van der Waals surface area contributed by atoms with Crippen LogP contribution in [0.2, 0.25) is 0 Å². The Balaban J connectivity index is 1.63. The van der Waals surface area contributed by atoms with E-state index in [1.54, 1.807) is 16.7 Å². The summed E-state index contributed by atoms with van der Waals surface area (Å²) in [5, 5.41) is 2.55. The van der Waals surface area contributed by atoms with Crippen molar-refractivity contribution < 1.29 is 18.3 Å². The summed E-state index contributed by atoms with van der Waals surface area (Å²) in [7, 11) is 0. The molecular weight excluding hydrogens is 346 g/mol. The Kier molecular flexibility index (Phi) is 5.75. The van der Waals surface area contributed by atoms with E-state index >= 15 is 0 Å². The quantitative estimate of drug-likeness (QED) is 0.896. The predicted molar refractivity (Wildman–Crippen MR) is 95.2 cm³/mol. The predicted octanol–water partition coefficient (Wildman–Crippen LogP) is 3.81. The van der Waals surface area contributed by atoms with Gasteiger partial charge in [0.1, 0.15) is 11.4 Å². The maximum Gasteiger partial charge on any atom is 0.412 e. The van der Waals surface area contributed by atoms with Gasteiger partial charge < -0.3 is 15.0 Å². The maximum atomic E-state index is 14.3. The van der Waals surface area contributed by atoms with Crippen LogP contribution >= 0.6 is 11.8 Å². The molecule has 2 aromatic rings. The minimum Gasteiger partial charge on any atom is -0.410 e. The van der Waals surface area contributed by atoms with Gasteiger partial charge in [-0.15, -0.1) is 0 Å². The van der Waals surface area contributed by atoms with Crippen molar-refractivity contribution >= 4 is 23.5 Å². The van der Waals surface area contributed by atoms with Crippen LogP contribution in [0.5, 0.6) is 5.75 Å². The molecule has 0 atom stereocenters. The Morgan fingerprint density at radius 1 is 1.12 bits per heavy atom. The fraction of sp³-hybridized carbons (Fsp3) is 0.278. The van der Waals surface area contributed by atoms with Crippen LogP contribution in [-0.4, -0.2) is 30.7 Å². The number of nitrogens with zero attached hydrogens (tertiary/aromatic N) is 1. The van der Waals surface area contributed by atoms with E-state index in [1.165, 1.54) is 0 Å². The van der Waals surface area contributed by atoms with Crippen LogP contribution in [0, 0.1) is 11.6 Å². The summed E-state index contributed by atoms with van der Waals surface area (Å²) in [4.78, 5) is 13.5. The van der Waals surface area contributed by atoms with Crippen LogP contribution in [0.4, 0.5) is 19.3 Å². The molecule has 7 heteroatoms. The summed E-state index contributed by atoms with van der Waals surface area (Å²) >= 11 is 1.76. The van der Waals surface area contributed by atoms with Crippen molar-refractivity contribution in [2.24, 2.45) is 0 Å². The number of rotatable bonds is 4. The molecule has 0 radical (unpaired) electrons. The van der Waals surface area contributed by atoms with Crippen molar-refractivity contribution in [2.45, 2.75) is 6.54 Å². The highest BCUT2D eigenvalue weighted by molar-refractivity contribution is 7.99. The van der Waals surface area contributed by atoms with Gasteiger partial charge in [0, 0.05) is 43.3 Å². The van der Waals surface area contributed by atoms with Gasteiger partial charge in [0.05, 0.1) is 0 Å².